The van der Waals surface area contributed by atoms with E-state index in [-0.39, 0.29) is 17.1 Å². The van der Waals surface area contributed by atoms with Crippen molar-refractivity contribution < 1.29 is 4.90 Å². The fourth-order valence-electron chi connectivity index (χ4n) is 4.44. The van der Waals surface area contributed by atoms with E-state index in [0.717, 1.165) is 53.8 Å². The summed E-state index contributed by atoms with van der Waals surface area (Å²) in [7, 11) is 0. The number of benzene rings is 1. The first-order valence-corrected chi connectivity index (χ1v) is 10.5. The molecular weight excluding hydrogens is 364 g/mol. The molecule has 1 aliphatic rings. The normalized spacial score (nSPS) is 17.0. The zero-order valence-electron chi connectivity index (χ0n) is 18.0. The fourth-order valence-corrected chi connectivity index (χ4v) is 4.44. The van der Waals surface area contributed by atoms with Gasteiger partial charge in [-0.15, -0.1) is 5.10 Å². The zero-order valence-corrected chi connectivity index (χ0v) is 18.0. The standard InChI is InChI=1S/C22H30N6O/c1-14-9-10-16-13-17(21(29)23-18(16)15(14)2)19(27-11-7-6-8-12-27)20-24-25-26-28(20)22(3,4)5/h9-10,13,19H,6-8,11-12H2,1-5H3,(H,23,29)/p+1/t19-/m1/s1. The van der Waals surface area contributed by atoms with Crippen LogP contribution in [0.5, 0.6) is 0 Å². The number of tetrazole rings is 1. The Balaban J connectivity index is 1.93. The summed E-state index contributed by atoms with van der Waals surface area (Å²) in [4.78, 5) is 17.8. The number of quaternary nitrogens is 1. The molecule has 2 aromatic heterocycles. The number of hydrogen-bond donors (Lipinski definition) is 2. The number of fused-ring (bicyclic) bond motifs is 1. The summed E-state index contributed by atoms with van der Waals surface area (Å²) >= 11 is 0. The first-order chi connectivity index (χ1) is 13.8. The van der Waals surface area contributed by atoms with E-state index in [1.165, 1.54) is 16.9 Å². The van der Waals surface area contributed by atoms with Gasteiger partial charge in [-0.25, -0.2) is 4.68 Å². The van der Waals surface area contributed by atoms with Gasteiger partial charge in [0, 0.05) is 0 Å². The number of nitrogens with one attached hydrogen (secondary N) is 2. The molecule has 1 aliphatic heterocycles. The van der Waals surface area contributed by atoms with Gasteiger partial charge in [-0.1, -0.05) is 12.1 Å². The van der Waals surface area contributed by atoms with Crippen molar-refractivity contribution in [1.29, 1.82) is 0 Å². The van der Waals surface area contributed by atoms with E-state index in [9.17, 15) is 4.79 Å². The highest BCUT2D eigenvalue weighted by Gasteiger charge is 2.37. The molecule has 1 saturated heterocycles. The molecule has 0 unspecified atom stereocenters. The number of piperidine rings is 1. The average molecular weight is 396 g/mol. The number of aryl methyl sites for hydroxylation is 2. The van der Waals surface area contributed by atoms with Crippen LogP contribution in [0, 0.1) is 13.8 Å². The molecule has 1 atom stereocenters. The smallest absolute Gasteiger partial charge is 0.258 e. The van der Waals surface area contributed by atoms with Crippen LogP contribution in [-0.2, 0) is 5.54 Å². The molecule has 1 fully saturated rings. The molecule has 2 N–H and O–H groups in total. The molecule has 29 heavy (non-hydrogen) atoms. The van der Waals surface area contributed by atoms with Gasteiger partial charge in [0.25, 0.3) is 5.56 Å². The van der Waals surface area contributed by atoms with Crippen molar-refractivity contribution >= 4 is 10.9 Å². The van der Waals surface area contributed by atoms with Crippen molar-refractivity contribution in [2.24, 2.45) is 0 Å². The lowest BCUT2D eigenvalue weighted by molar-refractivity contribution is -0.931. The maximum atomic E-state index is 13.3. The van der Waals surface area contributed by atoms with Crippen LogP contribution in [-0.4, -0.2) is 38.3 Å². The molecule has 7 nitrogen and oxygen atoms in total. The van der Waals surface area contributed by atoms with Crippen LogP contribution in [0.15, 0.2) is 23.0 Å². The van der Waals surface area contributed by atoms with Crippen molar-refractivity contribution in [2.75, 3.05) is 13.1 Å². The number of hydrogen-bond acceptors (Lipinski definition) is 4. The summed E-state index contributed by atoms with van der Waals surface area (Å²) in [5, 5.41) is 13.7. The topological polar surface area (TPSA) is 80.9 Å². The summed E-state index contributed by atoms with van der Waals surface area (Å²) in [5.74, 6) is 0.767. The lowest BCUT2D eigenvalue weighted by atomic mass is 9.98. The molecule has 4 rings (SSSR count). The second-order valence-electron chi connectivity index (χ2n) is 9.30. The van der Waals surface area contributed by atoms with E-state index in [1.807, 2.05) is 4.68 Å². The summed E-state index contributed by atoms with van der Waals surface area (Å²) in [6, 6.07) is 6.07. The molecule has 0 amide bonds. The quantitative estimate of drug-likeness (QED) is 0.711. The summed E-state index contributed by atoms with van der Waals surface area (Å²) < 4.78 is 1.88. The van der Waals surface area contributed by atoms with Crippen LogP contribution >= 0.6 is 0 Å². The minimum Gasteiger partial charge on any atom is -0.322 e. The lowest BCUT2D eigenvalue weighted by Gasteiger charge is -2.32. The van der Waals surface area contributed by atoms with Crippen molar-refractivity contribution in [2.45, 2.75) is 65.5 Å². The number of likely N-dealkylation sites (tertiary alicyclic amines) is 1. The minimum absolute atomic E-state index is 0.0438. The fraction of sp³-hybridized carbons (Fsp3) is 0.545. The molecule has 0 spiro atoms. The average Bonchev–Trinajstić information content (AvgIpc) is 3.17. The number of pyridine rings is 1. The maximum Gasteiger partial charge on any atom is 0.258 e. The Kier molecular flexibility index (Phi) is 5.02. The van der Waals surface area contributed by atoms with E-state index in [4.69, 9.17) is 0 Å². The van der Waals surface area contributed by atoms with Crippen LogP contribution in [0.1, 0.15) is 68.6 Å². The molecule has 0 radical (unpaired) electrons. The number of H-pyrrole nitrogens is 1. The highest BCUT2D eigenvalue weighted by Crippen LogP contribution is 2.24. The van der Waals surface area contributed by atoms with E-state index in [2.05, 4.69) is 73.3 Å². The third-order valence-electron chi connectivity index (χ3n) is 6.18. The third-order valence-corrected chi connectivity index (χ3v) is 6.18. The van der Waals surface area contributed by atoms with Crippen molar-refractivity contribution in [3.05, 3.63) is 51.1 Å². The van der Waals surface area contributed by atoms with E-state index in [0.29, 0.717) is 0 Å². The van der Waals surface area contributed by atoms with Gasteiger partial charge in [0.15, 0.2) is 6.04 Å². The molecule has 7 heteroatoms. The van der Waals surface area contributed by atoms with Crippen molar-refractivity contribution in [3.63, 3.8) is 0 Å². The van der Waals surface area contributed by atoms with Crippen LogP contribution in [0.4, 0.5) is 0 Å². The molecule has 3 heterocycles. The Hall–Kier alpha value is -2.54. The first kappa shape index (κ1) is 19.8. The van der Waals surface area contributed by atoms with Crippen LogP contribution < -0.4 is 10.5 Å². The molecule has 1 aromatic carbocycles. The number of aromatic nitrogens is 5. The van der Waals surface area contributed by atoms with Gasteiger partial charge in [-0.2, -0.15) is 0 Å². The second kappa shape index (κ2) is 7.37. The lowest BCUT2D eigenvalue weighted by Crippen LogP contribution is -3.13. The maximum absolute atomic E-state index is 13.3. The molecular formula is C22H31N6O+. The largest absolute Gasteiger partial charge is 0.322 e. The zero-order chi connectivity index (χ0) is 20.8. The summed E-state index contributed by atoms with van der Waals surface area (Å²) in [5.41, 5.74) is 3.66. The van der Waals surface area contributed by atoms with Gasteiger partial charge in [0.1, 0.15) is 0 Å². The third kappa shape index (κ3) is 3.59. The predicted octanol–water partition coefficient (Wildman–Crippen LogP) is 2.04. The Labute approximate surface area is 171 Å². The number of nitrogens with zero attached hydrogens (tertiary/aromatic N) is 4. The Morgan fingerprint density at radius 1 is 1.14 bits per heavy atom. The van der Waals surface area contributed by atoms with Gasteiger partial charge in [-0.05, 0) is 86.9 Å². The summed E-state index contributed by atoms with van der Waals surface area (Å²) in [6.45, 7) is 12.4. The first-order valence-electron chi connectivity index (χ1n) is 10.5. The van der Waals surface area contributed by atoms with Crippen molar-refractivity contribution in [3.8, 4) is 0 Å². The SMILES string of the molecule is Cc1ccc2cc([C@H](c3nnnn3C(C)(C)C)[NH+]3CCCCC3)c(=O)[nH]c2c1C. The van der Waals surface area contributed by atoms with E-state index >= 15 is 0 Å². The summed E-state index contributed by atoms with van der Waals surface area (Å²) in [6.07, 6.45) is 3.56. The highest BCUT2D eigenvalue weighted by molar-refractivity contribution is 5.83. The van der Waals surface area contributed by atoms with Crippen LogP contribution in [0.3, 0.4) is 0 Å². The van der Waals surface area contributed by atoms with E-state index in [1.54, 1.807) is 0 Å². The molecule has 0 saturated carbocycles. The van der Waals surface area contributed by atoms with Gasteiger partial charge < -0.3 is 9.88 Å². The number of aromatic amines is 1. The molecule has 0 bridgehead atoms. The van der Waals surface area contributed by atoms with Gasteiger partial charge in [0.05, 0.1) is 29.7 Å². The Bertz CT molecular complexity index is 1080. The molecule has 0 aliphatic carbocycles. The van der Waals surface area contributed by atoms with Crippen molar-refractivity contribution in [1.82, 2.24) is 25.2 Å². The minimum atomic E-state index is -0.260. The monoisotopic (exact) mass is 395 g/mol. The second-order valence-corrected chi connectivity index (χ2v) is 9.30. The highest BCUT2D eigenvalue weighted by atomic mass is 16.1. The number of rotatable bonds is 3. The van der Waals surface area contributed by atoms with Gasteiger partial charge in [0.2, 0.25) is 5.82 Å². The predicted molar refractivity (Wildman–Crippen MR) is 113 cm³/mol. The van der Waals surface area contributed by atoms with Crippen LogP contribution in [0.25, 0.3) is 10.9 Å². The molecule has 3 aromatic rings. The van der Waals surface area contributed by atoms with E-state index < -0.39 is 0 Å². The Morgan fingerprint density at radius 3 is 2.55 bits per heavy atom. The molecule has 154 valence electrons. The van der Waals surface area contributed by atoms with Gasteiger partial charge in [-0.3, -0.25) is 4.79 Å². The Morgan fingerprint density at radius 2 is 1.86 bits per heavy atom. The van der Waals surface area contributed by atoms with Gasteiger partial charge >= 0.3 is 0 Å². The van der Waals surface area contributed by atoms with Crippen LogP contribution in [0.2, 0.25) is 0 Å².